The zero-order valence-electron chi connectivity index (χ0n) is 12.7. The van der Waals surface area contributed by atoms with Crippen molar-refractivity contribution in [2.24, 2.45) is 5.41 Å². The molecule has 0 aromatic carbocycles. The Kier molecular flexibility index (Phi) is 4.61. The normalized spacial score (nSPS) is 24.3. The average Bonchev–Trinajstić information content (AvgIpc) is 2.84. The second-order valence-electron chi connectivity index (χ2n) is 6.28. The molecular formula is C15H27N3O. The van der Waals surface area contributed by atoms with Crippen molar-refractivity contribution in [3.8, 4) is 0 Å². The molecule has 2 unspecified atom stereocenters. The predicted octanol–water partition coefficient (Wildman–Crippen LogP) is 3.81. The summed E-state index contributed by atoms with van der Waals surface area (Å²) in [5, 5.41) is 12.0. The molecule has 1 aliphatic rings. The van der Waals surface area contributed by atoms with Gasteiger partial charge in [-0.25, -0.2) is 0 Å². The fourth-order valence-corrected chi connectivity index (χ4v) is 3.13. The van der Waals surface area contributed by atoms with Gasteiger partial charge in [0.25, 0.3) is 0 Å². The molecule has 0 radical (unpaired) electrons. The van der Waals surface area contributed by atoms with Crippen LogP contribution in [-0.2, 0) is 0 Å². The van der Waals surface area contributed by atoms with E-state index in [0.29, 0.717) is 5.92 Å². The molecule has 4 nitrogen and oxygen atoms in total. The third-order valence-corrected chi connectivity index (χ3v) is 4.42. The van der Waals surface area contributed by atoms with Crippen LogP contribution in [0.1, 0.15) is 83.5 Å². The maximum Gasteiger partial charge on any atom is 0.233 e. The number of aromatic nitrogens is 2. The van der Waals surface area contributed by atoms with Crippen molar-refractivity contribution in [1.82, 2.24) is 15.5 Å². The zero-order valence-corrected chi connectivity index (χ0v) is 12.7. The first-order valence-corrected chi connectivity index (χ1v) is 7.65. The molecule has 0 spiro atoms. The van der Waals surface area contributed by atoms with Gasteiger partial charge in [0.15, 0.2) is 0 Å². The van der Waals surface area contributed by atoms with Crippen LogP contribution in [0.4, 0.5) is 0 Å². The number of hydrogen-bond donors (Lipinski definition) is 1. The maximum atomic E-state index is 5.98. The van der Waals surface area contributed by atoms with Crippen LogP contribution in [0.3, 0.4) is 0 Å². The highest BCUT2D eigenvalue weighted by Crippen LogP contribution is 2.46. The maximum absolute atomic E-state index is 5.98. The van der Waals surface area contributed by atoms with Crippen LogP contribution in [0.15, 0.2) is 4.42 Å². The van der Waals surface area contributed by atoms with Gasteiger partial charge in [0.2, 0.25) is 11.8 Å². The van der Waals surface area contributed by atoms with Gasteiger partial charge in [-0.3, -0.25) is 0 Å². The van der Waals surface area contributed by atoms with Crippen molar-refractivity contribution < 1.29 is 4.42 Å². The van der Waals surface area contributed by atoms with E-state index in [0.717, 1.165) is 24.7 Å². The third-order valence-electron chi connectivity index (χ3n) is 4.42. The summed E-state index contributed by atoms with van der Waals surface area (Å²) < 4.78 is 5.98. The first-order valence-electron chi connectivity index (χ1n) is 7.65. The van der Waals surface area contributed by atoms with E-state index < -0.39 is 0 Å². The van der Waals surface area contributed by atoms with Gasteiger partial charge in [-0.2, -0.15) is 0 Å². The van der Waals surface area contributed by atoms with Crippen LogP contribution in [0.5, 0.6) is 0 Å². The van der Waals surface area contributed by atoms with Gasteiger partial charge < -0.3 is 9.73 Å². The molecule has 0 aliphatic heterocycles. The molecule has 0 bridgehead atoms. The molecule has 1 heterocycles. The molecule has 0 saturated heterocycles. The monoisotopic (exact) mass is 265 g/mol. The SMILES string of the molecule is CCNC(CC)c1nnc(C2CCCCC2(C)C)o1. The van der Waals surface area contributed by atoms with E-state index in [4.69, 9.17) is 4.42 Å². The summed E-state index contributed by atoms with van der Waals surface area (Å²) in [6, 6.07) is 0.193. The van der Waals surface area contributed by atoms with Crippen LogP contribution in [0.2, 0.25) is 0 Å². The van der Waals surface area contributed by atoms with E-state index in [1.807, 2.05) is 0 Å². The van der Waals surface area contributed by atoms with E-state index in [1.54, 1.807) is 0 Å². The molecule has 1 N–H and O–H groups in total. The van der Waals surface area contributed by atoms with Crippen molar-refractivity contribution in [3.63, 3.8) is 0 Å². The highest BCUT2D eigenvalue weighted by molar-refractivity contribution is 5.02. The number of rotatable bonds is 5. The van der Waals surface area contributed by atoms with Crippen molar-refractivity contribution in [2.45, 2.75) is 71.8 Å². The Balaban J connectivity index is 2.15. The van der Waals surface area contributed by atoms with E-state index in [2.05, 4.69) is 43.2 Å². The lowest BCUT2D eigenvalue weighted by molar-refractivity contribution is 0.169. The molecule has 19 heavy (non-hydrogen) atoms. The van der Waals surface area contributed by atoms with Gasteiger partial charge in [-0.1, -0.05) is 40.5 Å². The topological polar surface area (TPSA) is 51.0 Å². The Morgan fingerprint density at radius 1 is 1.32 bits per heavy atom. The molecule has 108 valence electrons. The zero-order chi connectivity index (χ0) is 13.9. The minimum absolute atomic E-state index is 0.193. The van der Waals surface area contributed by atoms with Crippen molar-refractivity contribution in [1.29, 1.82) is 0 Å². The summed E-state index contributed by atoms with van der Waals surface area (Å²) in [7, 11) is 0. The summed E-state index contributed by atoms with van der Waals surface area (Å²) in [5.41, 5.74) is 0.280. The fraction of sp³-hybridized carbons (Fsp3) is 0.867. The van der Waals surface area contributed by atoms with Crippen molar-refractivity contribution in [2.75, 3.05) is 6.54 Å². The molecule has 4 heteroatoms. The molecule has 1 aromatic rings. The number of nitrogens with zero attached hydrogens (tertiary/aromatic N) is 2. The molecule has 1 fully saturated rings. The highest BCUT2D eigenvalue weighted by Gasteiger charge is 2.37. The predicted molar refractivity (Wildman–Crippen MR) is 76.0 cm³/mol. The molecule has 2 atom stereocenters. The molecule has 1 saturated carbocycles. The first kappa shape index (κ1) is 14.5. The Morgan fingerprint density at radius 2 is 2.11 bits per heavy atom. The van der Waals surface area contributed by atoms with Crippen LogP contribution in [-0.4, -0.2) is 16.7 Å². The first-order chi connectivity index (χ1) is 9.08. The molecule has 1 aromatic heterocycles. The average molecular weight is 265 g/mol. The minimum Gasteiger partial charge on any atom is -0.423 e. The molecule has 0 amide bonds. The minimum atomic E-state index is 0.193. The van der Waals surface area contributed by atoms with E-state index in [1.165, 1.54) is 25.7 Å². The number of hydrogen-bond acceptors (Lipinski definition) is 4. The molecule has 2 rings (SSSR count). The van der Waals surface area contributed by atoms with Crippen molar-refractivity contribution >= 4 is 0 Å². The highest BCUT2D eigenvalue weighted by atomic mass is 16.4. The summed E-state index contributed by atoms with van der Waals surface area (Å²) >= 11 is 0. The van der Waals surface area contributed by atoms with E-state index in [-0.39, 0.29) is 11.5 Å². The van der Waals surface area contributed by atoms with E-state index >= 15 is 0 Å². The Hall–Kier alpha value is -0.900. The quantitative estimate of drug-likeness (QED) is 0.879. The Labute approximate surface area is 116 Å². The standard InChI is InChI=1S/C15H27N3O/c1-5-12(16-6-2)14-18-17-13(19-14)11-9-7-8-10-15(11,3)4/h11-12,16H,5-10H2,1-4H3. The van der Waals surface area contributed by atoms with Crippen LogP contribution < -0.4 is 5.32 Å². The molecular weight excluding hydrogens is 238 g/mol. The second kappa shape index (κ2) is 6.04. The van der Waals surface area contributed by atoms with Crippen molar-refractivity contribution in [3.05, 3.63) is 11.8 Å². The number of nitrogens with one attached hydrogen (secondary N) is 1. The lowest BCUT2D eigenvalue weighted by Crippen LogP contribution is -2.26. The summed E-state index contributed by atoms with van der Waals surface area (Å²) in [6.45, 7) is 9.81. The summed E-state index contributed by atoms with van der Waals surface area (Å²) in [6.07, 6.45) is 5.99. The van der Waals surface area contributed by atoms with Gasteiger partial charge >= 0.3 is 0 Å². The lowest BCUT2D eigenvalue weighted by Gasteiger charge is -2.36. The Bertz CT molecular complexity index is 400. The van der Waals surface area contributed by atoms with Gasteiger partial charge in [-0.15, -0.1) is 10.2 Å². The molecule has 1 aliphatic carbocycles. The van der Waals surface area contributed by atoms with Crippen LogP contribution in [0, 0.1) is 5.41 Å². The summed E-state index contributed by atoms with van der Waals surface area (Å²) in [4.78, 5) is 0. The smallest absolute Gasteiger partial charge is 0.233 e. The summed E-state index contributed by atoms with van der Waals surface area (Å²) in [5.74, 6) is 2.01. The van der Waals surface area contributed by atoms with Gasteiger partial charge in [0.05, 0.1) is 6.04 Å². The van der Waals surface area contributed by atoms with Crippen LogP contribution in [0.25, 0.3) is 0 Å². The van der Waals surface area contributed by atoms with Gasteiger partial charge in [-0.05, 0) is 31.2 Å². The third kappa shape index (κ3) is 3.16. The van der Waals surface area contributed by atoms with E-state index in [9.17, 15) is 0 Å². The van der Waals surface area contributed by atoms with Gasteiger partial charge in [0, 0.05) is 5.92 Å². The van der Waals surface area contributed by atoms with Gasteiger partial charge in [0.1, 0.15) is 0 Å². The Morgan fingerprint density at radius 3 is 2.74 bits per heavy atom. The second-order valence-corrected chi connectivity index (χ2v) is 6.28. The fourth-order valence-electron chi connectivity index (χ4n) is 3.13. The van der Waals surface area contributed by atoms with Crippen LogP contribution >= 0.6 is 0 Å². The lowest BCUT2D eigenvalue weighted by atomic mass is 9.69. The largest absolute Gasteiger partial charge is 0.423 e.